The molecule has 0 N–H and O–H groups in total. The van der Waals surface area contributed by atoms with Crippen LogP contribution in [0.5, 0.6) is 5.75 Å². The Morgan fingerprint density at radius 3 is 1.56 bits per heavy atom. The molecule has 0 aliphatic heterocycles. The summed E-state index contributed by atoms with van der Waals surface area (Å²) in [4.78, 5) is 0. The molecule has 128 valence electrons. The van der Waals surface area contributed by atoms with E-state index in [1.54, 1.807) is 7.11 Å². The Morgan fingerprint density at radius 2 is 1.12 bits per heavy atom. The largest absolute Gasteiger partial charge is 0.497 e. The fourth-order valence-electron chi connectivity index (χ4n) is 3.09. The lowest BCUT2D eigenvalue weighted by molar-refractivity contribution is 0.415. The van der Waals surface area contributed by atoms with Crippen molar-refractivity contribution in [2.24, 2.45) is 0 Å². The Bertz CT molecular complexity index is 830. The molecule has 0 spiro atoms. The number of methoxy groups -OCH3 is 1. The highest BCUT2D eigenvalue weighted by molar-refractivity contribution is 7.80. The molecule has 0 saturated carbocycles. The van der Waals surface area contributed by atoms with Gasteiger partial charge in [0.05, 0.1) is 7.11 Å². The number of hydrogen-bond acceptors (Lipinski definition) is 1. The zero-order chi connectivity index (χ0) is 18.0. The van der Waals surface area contributed by atoms with Crippen LogP contribution < -0.4 is 20.7 Å². The minimum Gasteiger partial charge on any atom is -0.497 e. The predicted molar refractivity (Wildman–Crippen MR) is 111 cm³/mol. The fraction of sp³-hybridized carbons (Fsp3) is 0.217. The van der Waals surface area contributed by atoms with Gasteiger partial charge in [-0.3, -0.25) is 0 Å². The molecular formula is C23H25OP. The summed E-state index contributed by atoms with van der Waals surface area (Å²) in [5.74, 6) is 0.903. The lowest BCUT2D eigenvalue weighted by Gasteiger charge is -2.24. The molecule has 0 unspecified atom stereocenters. The third-order valence-corrected chi connectivity index (χ3v) is 7.71. The zero-order valence-corrected chi connectivity index (χ0v) is 16.5. The summed E-state index contributed by atoms with van der Waals surface area (Å²) in [6.45, 7) is 8.89. The lowest BCUT2D eigenvalue weighted by atomic mass is 10.1. The van der Waals surface area contributed by atoms with Gasteiger partial charge in [-0.25, -0.2) is 0 Å². The van der Waals surface area contributed by atoms with Crippen LogP contribution in [-0.4, -0.2) is 7.11 Å². The average molecular weight is 348 g/mol. The highest BCUT2D eigenvalue weighted by Gasteiger charge is 2.21. The van der Waals surface area contributed by atoms with Crippen molar-refractivity contribution in [3.63, 3.8) is 0 Å². The summed E-state index contributed by atoms with van der Waals surface area (Å²) in [5.41, 5.74) is 5.49. The van der Waals surface area contributed by atoms with Gasteiger partial charge < -0.3 is 4.74 Å². The predicted octanol–water partition coefficient (Wildman–Crippen LogP) is 4.69. The standard InChI is InChI=1S/C23H25OP/c1-16-8-6-10-22(18(16)3)25(21-14-12-20(24-5)13-15-21)23-11-7-9-17(2)19(23)4/h6-15H,1-5H3. The van der Waals surface area contributed by atoms with Crippen molar-refractivity contribution in [2.75, 3.05) is 7.11 Å². The Morgan fingerprint density at radius 1 is 0.640 bits per heavy atom. The number of hydrogen-bond donors (Lipinski definition) is 0. The first kappa shape index (κ1) is 17.7. The zero-order valence-electron chi connectivity index (χ0n) is 15.6. The van der Waals surface area contributed by atoms with Crippen molar-refractivity contribution in [3.05, 3.63) is 82.9 Å². The van der Waals surface area contributed by atoms with E-state index in [2.05, 4.69) is 88.4 Å². The quantitative estimate of drug-likeness (QED) is 0.622. The van der Waals surface area contributed by atoms with Gasteiger partial charge in [0.2, 0.25) is 0 Å². The van der Waals surface area contributed by atoms with Crippen molar-refractivity contribution >= 4 is 23.8 Å². The maximum atomic E-state index is 5.35. The molecule has 0 fully saturated rings. The van der Waals surface area contributed by atoms with Gasteiger partial charge in [-0.2, -0.15) is 0 Å². The molecule has 0 heterocycles. The first-order chi connectivity index (χ1) is 12.0. The van der Waals surface area contributed by atoms with Gasteiger partial charge >= 0.3 is 0 Å². The highest BCUT2D eigenvalue weighted by atomic mass is 31.1. The second kappa shape index (κ2) is 7.42. The SMILES string of the molecule is COc1ccc(P(c2cccc(C)c2C)c2cccc(C)c2C)cc1. The van der Waals surface area contributed by atoms with Crippen LogP contribution in [0.25, 0.3) is 0 Å². The number of rotatable bonds is 4. The van der Waals surface area contributed by atoms with Gasteiger partial charge in [-0.05, 0) is 85.9 Å². The van der Waals surface area contributed by atoms with Crippen molar-refractivity contribution in [2.45, 2.75) is 27.7 Å². The summed E-state index contributed by atoms with van der Waals surface area (Å²) < 4.78 is 5.35. The second-order valence-corrected chi connectivity index (χ2v) is 8.62. The van der Waals surface area contributed by atoms with E-state index >= 15 is 0 Å². The molecule has 0 aliphatic rings. The van der Waals surface area contributed by atoms with Crippen LogP contribution in [0, 0.1) is 27.7 Å². The van der Waals surface area contributed by atoms with Gasteiger partial charge in [0, 0.05) is 0 Å². The molecular weight excluding hydrogens is 323 g/mol. The number of ether oxygens (including phenoxy) is 1. The molecule has 0 radical (unpaired) electrons. The van der Waals surface area contributed by atoms with Crippen LogP contribution in [0.2, 0.25) is 0 Å². The van der Waals surface area contributed by atoms with Crippen molar-refractivity contribution in [3.8, 4) is 5.75 Å². The molecule has 2 heteroatoms. The third-order valence-electron chi connectivity index (χ3n) is 4.96. The molecule has 0 aliphatic carbocycles. The Hall–Kier alpha value is -2.11. The molecule has 1 nitrogen and oxygen atoms in total. The van der Waals surface area contributed by atoms with E-state index in [1.165, 1.54) is 38.2 Å². The minimum atomic E-state index is -0.593. The van der Waals surface area contributed by atoms with Crippen LogP contribution in [-0.2, 0) is 0 Å². The van der Waals surface area contributed by atoms with Crippen LogP contribution in [0.3, 0.4) is 0 Å². The van der Waals surface area contributed by atoms with Gasteiger partial charge in [-0.15, -0.1) is 0 Å². The molecule has 0 amide bonds. The van der Waals surface area contributed by atoms with Crippen LogP contribution in [0.1, 0.15) is 22.3 Å². The van der Waals surface area contributed by atoms with E-state index in [-0.39, 0.29) is 0 Å². The van der Waals surface area contributed by atoms with Crippen molar-refractivity contribution in [1.82, 2.24) is 0 Å². The Labute approximate surface area is 152 Å². The highest BCUT2D eigenvalue weighted by Crippen LogP contribution is 2.36. The summed E-state index contributed by atoms with van der Waals surface area (Å²) in [6.07, 6.45) is 0. The van der Waals surface area contributed by atoms with Gasteiger partial charge in [0.25, 0.3) is 0 Å². The van der Waals surface area contributed by atoms with E-state index in [4.69, 9.17) is 4.74 Å². The van der Waals surface area contributed by atoms with E-state index in [1.807, 2.05) is 0 Å². The summed E-state index contributed by atoms with van der Waals surface area (Å²) >= 11 is 0. The van der Waals surface area contributed by atoms with Crippen molar-refractivity contribution in [1.29, 1.82) is 0 Å². The molecule has 3 aromatic rings. The third kappa shape index (κ3) is 3.48. The van der Waals surface area contributed by atoms with E-state index in [0.717, 1.165) is 5.75 Å². The summed E-state index contributed by atoms with van der Waals surface area (Å²) in [6, 6.07) is 21.9. The smallest absolute Gasteiger partial charge is 0.118 e. The molecule has 0 bridgehead atoms. The van der Waals surface area contributed by atoms with Crippen LogP contribution in [0.4, 0.5) is 0 Å². The molecule has 25 heavy (non-hydrogen) atoms. The normalized spacial score (nSPS) is 11.0. The minimum absolute atomic E-state index is 0.593. The van der Waals surface area contributed by atoms with E-state index in [9.17, 15) is 0 Å². The van der Waals surface area contributed by atoms with Crippen molar-refractivity contribution < 1.29 is 4.74 Å². The molecule has 0 atom stereocenters. The van der Waals surface area contributed by atoms with Crippen LogP contribution >= 0.6 is 7.92 Å². The van der Waals surface area contributed by atoms with E-state index in [0.29, 0.717) is 0 Å². The fourth-order valence-corrected chi connectivity index (χ4v) is 5.85. The molecule has 3 aromatic carbocycles. The Kier molecular flexibility index (Phi) is 5.25. The van der Waals surface area contributed by atoms with Crippen LogP contribution in [0.15, 0.2) is 60.7 Å². The Balaban J connectivity index is 2.24. The van der Waals surface area contributed by atoms with E-state index < -0.39 is 7.92 Å². The molecule has 0 saturated heterocycles. The summed E-state index contributed by atoms with van der Waals surface area (Å²) in [5, 5.41) is 4.24. The lowest BCUT2D eigenvalue weighted by Crippen LogP contribution is -2.25. The molecule has 0 aromatic heterocycles. The summed E-state index contributed by atoms with van der Waals surface area (Å²) in [7, 11) is 1.12. The number of benzene rings is 3. The maximum Gasteiger partial charge on any atom is 0.118 e. The first-order valence-corrected chi connectivity index (χ1v) is 9.93. The van der Waals surface area contributed by atoms with Gasteiger partial charge in [-0.1, -0.05) is 48.5 Å². The topological polar surface area (TPSA) is 9.23 Å². The maximum absolute atomic E-state index is 5.35. The van der Waals surface area contributed by atoms with Gasteiger partial charge in [0.15, 0.2) is 0 Å². The first-order valence-electron chi connectivity index (χ1n) is 8.59. The second-order valence-electron chi connectivity index (χ2n) is 6.47. The number of aryl methyl sites for hydroxylation is 2. The van der Waals surface area contributed by atoms with Gasteiger partial charge in [0.1, 0.15) is 5.75 Å². The average Bonchev–Trinajstić information content (AvgIpc) is 2.63. The molecule has 3 rings (SSSR count). The monoisotopic (exact) mass is 348 g/mol.